The number of hydrogen-bond acceptors (Lipinski definition) is 6. The molecule has 1 fully saturated rings. The van der Waals surface area contributed by atoms with Crippen molar-refractivity contribution in [1.82, 2.24) is 14.8 Å². The molecule has 1 aliphatic heterocycles. The van der Waals surface area contributed by atoms with Gasteiger partial charge in [0.25, 0.3) is 17.1 Å². The molecule has 4 rings (SSSR count). The topological polar surface area (TPSA) is 89.9 Å². The van der Waals surface area contributed by atoms with E-state index in [2.05, 4.69) is 5.32 Å². The monoisotopic (exact) mass is 491 g/mol. The number of imide groups is 1. The van der Waals surface area contributed by atoms with Gasteiger partial charge in [-0.3, -0.25) is 19.3 Å². The van der Waals surface area contributed by atoms with Crippen LogP contribution in [0.2, 0.25) is 0 Å². The molecule has 0 aliphatic carbocycles. The zero-order chi connectivity index (χ0) is 24.8. The first-order chi connectivity index (χ1) is 17.0. The molecule has 1 N–H and O–H groups in total. The van der Waals surface area contributed by atoms with Crippen LogP contribution in [0.15, 0.2) is 71.9 Å². The van der Waals surface area contributed by atoms with E-state index in [1.165, 1.54) is 0 Å². The molecule has 2 aromatic carbocycles. The average molecular weight is 492 g/mol. The predicted molar refractivity (Wildman–Crippen MR) is 135 cm³/mol. The van der Waals surface area contributed by atoms with E-state index >= 15 is 0 Å². The summed E-state index contributed by atoms with van der Waals surface area (Å²) in [4.78, 5) is 39.1. The van der Waals surface area contributed by atoms with Gasteiger partial charge in [-0.1, -0.05) is 6.07 Å². The van der Waals surface area contributed by atoms with Crippen LogP contribution in [0.4, 0.5) is 4.79 Å². The summed E-state index contributed by atoms with van der Waals surface area (Å²) in [5.41, 5.74) is 2.16. The largest absolute Gasteiger partial charge is 0.493 e. The molecule has 0 radical (unpaired) electrons. The number of thioether (sulfide) groups is 1. The summed E-state index contributed by atoms with van der Waals surface area (Å²) in [7, 11) is 1.54. The van der Waals surface area contributed by atoms with Gasteiger partial charge in [-0.15, -0.1) is 0 Å². The van der Waals surface area contributed by atoms with Crippen molar-refractivity contribution in [3.05, 3.63) is 83.0 Å². The Hall–Kier alpha value is -3.98. The van der Waals surface area contributed by atoms with Gasteiger partial charge >= 0.3 is 0 Å². The Morgan fingerprint density at radius 1 is 1.06 bits per heavy atom. The molecule has 0 atom stereocenters. The number of methoxy groups -OCH3 is 1. The zero-order valence-corrected chi connectivity index (χ0v) is 20.2. The Bertz CT molecular complexity index is 1250. The molecular weight excluding hydrogens is 466 g/mol. The first kappa shape index (κ1) is 24.2. The molecule has 0 bridgehead atoms. The van der Waals surface area contributed by atoms with E-state index < -0.39 is 5.91 Å². The van der Waals surface area contributed by atoms with Gasteiger partial charge in [0.1, 0.15) is 0 Å². The van der Waals surface area contributed by atoms with Gasteiger partial charge in [-0.2, -0.15) is 0 Å². The van der Waals surface area contributed by atoms with Crippen LogP contribution in [0.5, 0.6) is 11.5 Å². The molecule has 1 aliphatic rings. The number of nitrogens with zero attached hydrogens (tertiary/aromatic N) is 2. The normalized spacial score (nSPS) is 14.5. The molecular formula is C26H25N3O5S. The Morgan fingerprint density at radius 2 is 1.80 bits per heavy atom. The van der Waals surface area contributed by atoms with Gasteiger partial charge in [-0.05, 0) is 78.9 Å². The number of ether oxygens (including phenoxy) is 2. The second-order valence-corrected chi connectivity index (χ2v) is 8.56. The number of hydrogen-bond donors (Lipinski definition) is 1. The van der Waals surface area contributed by atoms with Gasteiger partial charge in [-0.25, -0.2) is 0 Å². The van der Waals surface area contributed by atoms with Gasteiger partial charge in [0.2, 0.25) is 0 Å². The fraction of sp³-hybridized carbons (Fsp3) is 0.192. The van der Waals surface area contributed by atoms with E-state index in [-0.39, 0.29) is 24.2 Å². The summed E-state index contributed by atoms with van der Waals surface area (Å²) in [5, 5.41) is 2.40. The van der Waals surface area contributed by atoms with Crippen LogP contribution in [-0.4, -0.2) is 53.3 Å². The highest BCUT2D eigenvalue weighted by Gasteiger charge is 2.34. The maximum Gasteiger partial charge on any atom is 0.293 e. The highest BCUT2D eigenvalue weighted by molar-refractivity contribution is 8.18. The van der Waals surface area contributed by atoms with Crippen LogP contribution < -0.4 is 14.8 Å². The fourth-order valence-electron chi connectivity index (χ4n) is 3.57. The molecule has 180 valence electrons. The maximum atomic E-state index is 12.8. The summed E-state index contributed by atoms with van der Waals surface area (Å²) < 4.78 is 12.8. The molecule has 3 aromatic rings. The molecule has 3 amide bonds. The van der Waals surface area contributed by atoms with Crippen molar-refractivity contribution < 1.29 is 23.9 Å². The summed E-state index contributed by atoms with van der Waals surface area (Å²) in [5.74, 6) is 0.491. The van der Waals surface area contributed by atoms with Crippen LogP contribution in [0.3, 0.4) is 0 Å². The molecule has 1 saturated heterocycles. The fourth-order valence-corrected chi connectivity index (χ4v) is 4.43. The molecule has 0 saturated carbocycles. The molecule has 0 spiro atoms. The lowest BCUT2D eigenvalue weighted by atomic mass is 10.2. The lowest BCUT2D eigenvalue weighted by molar-refractivity contribution is -0.122. The quantitative estimate of drug-likeness (QED) is 0.448. The number of benzene rings is 2. The molecule has 1 aromatic heterocycles. The van der Waals surface area contributed by atoms with Crippen LogP contribution in [0.25, 0.3) is 11.8 Å². The van der Waals surface area contributed by atoms with Crippen molar-refractivity contribution in [3.8, 4) is 17.2 Å². The Kier molecular flexibility index (Phi) is 7.57. The zero-order valence-electron chi connectivity index (χ0n) is 19.4. The van der Waals surface area contributed by atoms with Crippen LogP contribution in [-0.2, 0) is 4.79 Å². The number of amides is 3. The van der Waals surface area contributed by atoms with Crippen LogP contribution >= 0.6 is 11.8 Å². The number of rotatable bonds is 9. The third-order valence-electron chi connectivity index (χ3n) is 5.31. The summed E-state index contributed by atoms with van der Waals surface area (Å²) in [6, 6.07) is 16.3. The maximum absolute atomic E-state index is 12.8. The average Bonchev–Trinajstić information content (AvgIpc) is 3.50. The minimum Gasteiger partial charge on any atom is -0.493 e. The van der Waals surface area contributed by atoms with E-state index in [9.17, 15) is 14.4 Å². The number of carbonyl (C=O) groups excluding carboxylic acids is 3. The Morgan fingerprint density at radius 3 is 2.49 bits per heavy atom. The Labute approximate surface area is 207 Å². The molecule has 9 heteroatoms. The van der Waals surface area contributed by atoms with E-state index in [0.29, 0.717) is 34.1 Å². The molecule has 2 heterocycles. The first-order valence-electron chi connectivity index (χ1n) is 11.1. The number of carbonyl (C=O) groups is 3. The third-order valence-corrected chi connectivity index (χ3v) is 6.22. The lowest BCUT2D eigenvalue weighted by Crippen LogP contribution is -2.37. The molecule has 8 nitrogen and oxygen atoms in total. The van der Waals surface area contributed by atoms with Gasteiger partial charge in [0, 0.05) is 36.7 Å². The van der Waals surface area contributed by atoms with Crippen LogP contribution in [0.1, 0.15) is 22.8 Å². The van der Waals surface area contributed by atoms with Crippen LogP contribution in [0, 0.1) is 0 Å². The smallest absolute Gasteiger partial charge is 0.293 e. The highest BCUT2D eigenvalue weighted by atomic mass is 32.2. The molecule has 0 unspecified atom stereocenters. The summed E-state index contributed by atoms with van der Waals surface area (Å²) in [6.45, 7) is 2.62. The predicted octanol–water partition coefficient (Wildman–Crippen LogP) is 4.35. The minimum atomic E-state index is -0.391. The van der Waals surface area contributed by atoms with Crippen molar-refractivity contribution in [2.45, 2.75) is 6.92 Å². The minimum absolute atomic E-state index is 0.0851. The van der Waals surface area contributed by atoms with E-state index in [0.717, 1.165) is 22.3 Å². The van der Waals surface area contributed by atoms with Crippen molar-refractivity contribution in [1.29, 1.82) is 0 Å². The van der Waals surface area contributed by atoms with E-state index in [1.54, 1.807) is 43.5 Å². The second-order valence-electron chi connectivity index (χ2n) is 7.57. The lowest BCUT2D eigenvalue weighted by Gasteiger charge is -2.13. The Balaban J connectivity index is 1.34. The highest BCUT2D eigenvalue weighted by Crippen LogP contribution is 2.34. The van der Waals surface area contributed by atoms with Crippen molar-refractivity contribution in [3.63, 3.8) is 0 Å². The van der Waals surface area contributed by atoms with Gasteiger partial charge in [0.05, 0.1) is 18.6 Å². The third kappa shape index (κ3) is 5.58. The number of nitrogens with one attached hydrogen (secondary N) is 1. The van der Waals surface area contributed by atoms with Gasteiger partial charge < -0.3 is 19.4 Å². The van der Waals surface area contributed by atoms with Crippen molar-refractivity contribution >= 4 is 34.9 Å². The molecule has 35 heavy (non-hydrogen) atoms. The summed E-state index contributed by atoms with van der Waals surface area (Å²) >= 11 is 0.871. The van der Waals surface area contributed by atoms with Gasteiger partial charge in [0.15, 0.2) is 11.5 Å². The van der Waals surface area contributed by atoms with Crippen molar-refractivity contribution in [2.75, 3.05) is 26.8 Å². The van der Waals surface area contributed by atoms with Crippen molar-refractivity contribution in [2.24, 2.45) is 0 Å². The second kappa shape index (κ2) is 11.0. The van der Waals surface area contributed by atoms with E-state index in [4.69, 9.17) is 9.47 Å². The van der Waals surface area contributed by atoms with E-state index in [1.807, 2.05) is 48.1 Å². The SMILES string of the molecule is CCOc1ccc(/C=C2\SC(=O)N(CCNC(=O)c3ccc(-n4cccc4)cc3)C2=O)cc1OC. The number of aromatic nitrogens is 1. The first-order valence-corrected chi connectivity index (χ1v) is 11.9. The summed E-state index contributed by atoms with van der Waals surface area (Å²) in [6.07, 6.45) is 5.49. The standard InChI is InChI=1S/C26H25N3O5S/c1-3-34-21-11-6-18(16-22(21)33-2)17-23-25(31)29(26(32)35-23)15-12-27-24(30)19-7-9-20(10-8-19)28-13-4-5-14-28/h4-11,13-14,16-17H,3,12,15H2,1-2H3,(H,27,30)/b23-17-.